The molecule has 0 unspecified atom stereocenters. The van der Waals surface area contributed by atoms with Crippen molar-refractivity contribution in [1.82, 2.24) is 14.7 Å². The highest BCUT2D eigenvalue weighted by Crippen LogP contribution is 2.30. The Balaban J connectivity index is 1.53. The molecule has 0 bridgehead atoms. The van der Waals surface area contributed by atoms with Crippen LogP contribution in [0.1, 0.15) is 50.5 Å². The number of imidazole rings is 1. The molecule has 0 saturated heterocycles. The van der Waals surface area contributed by atoms with E-state index in [-0.39, 0.29) is 0 Å². The number of nitrogens with one attached hydrogen (secondary N) is 2. The van der Waals surface area contributed by atoms with E-state index in [1.807, 2.05) is 0 Å². The third kappa shape index (κ3) is 5.01. The zero-order valence-corrected chi connectivity index (χ0v) is 18.7. The quantitative estimate of drug-likeness (QED) is 0.365. The Morgan fingerprint density at radius 2 is 1.80 bits per heavy atom. The van der Waals surface area contributed by atoms with Gasteiger partial charge in [-0.15, -0.1) is 0 Å². The van der Waals surface area contributed by atoms with Gasteiger partial charge in [0.05, 0.1) is 23.4 Å². The van der Waals surface area contributed by atoms with E-state index in [1.54, 1.807) is 60.8 Å². The fraction of sp³-hybridized carbons (Fsp3) is 0.160. The average Bonchev–Trinajstić information content (AvgIpc) is 3.24. The van der Waals surface area contributed by atoms with Gasteiger partial charge in [-0.1, -0.05) is 18.2 Å². The van der Waals surface area contributed by atoms with Crippen LogP contribution in [0.3, 0.4) is 0 Å². The number of carbonyl (C=O) groups excluding carboxylic acids is 2. The van der Waals surface area contributed by atoms with E-state index < -0.39 is 41.0 Å². The van der Waals surface area contributed by atoms with Gasteiger partial charge in [0.25, 0.3) is 11.8 Å². The second-order valence-electron chi connectivity index (χ2n) is 7.99. The number of rotatable bonds is 5. The Labute approximate surface area is 197 Å². The summed E-state index contributed by atoms with van der Waals surface area (Å²) in [5.74, 6) is -2.45. The zero-order chi connectivity index (χ0) is 25.3. The molecule has 2 aromatic carbocycles. The highest BCUT2D eigenvalue weighted by Gasteiger charge is 2.32. The van der Waals surface area contributed by atoms with Crippen LogP contribution in [0.2, 0.25) is 0 Å². The lowest BCUT2D eigenvalue weighted by Crippen LogP contribution is -2.28. The highest BCUT2D eigenvalue weighted by molar-refractivity contribution is 6.04. The molecule has 35 heavy (non-hydrogen) atoms. The molecule has 2 N–H and O–H groups in total. The molecule has 0 fully saturated rings. The molecule has 0 aliphatic carbocycles. The SMILES string of the molecule is Cc1ccc([C@H](C)NC(=O)c2cc(C(F)(F)F)ccc2F)cc1NC(=O)c1cnc2ccccn12. The fourth-order valence-electron chi connectivity index (χ4n) is 3.56. The maximum absolute atomic E-state index is 14.1. The molecule has 1 atom stereocenters. The molecule has 4 rings (SSSR count). The summed E-state index contributed by atoms with van der Waals surface area (Å²) < 4.78 is 54.6. The molecule has 180 valence electrons. The topological polar surface area (TPSA) is 75.5 Å². The first-order valence-corrected chi connectivity index (χ1v) is 10.6. The number of nitrogens with zero attached hydrogens (tertiary/aromatic N) is 2. The summed E-state index contributed by atoms with van der Waals surface area (Å²) >= 11 is 0. The van der Waals surface area contributed by atoms with Crippen LogP contribution in [0.5, 0.6) is 0 Å². The normalized spacial score (nSPS) is 12.4. The van der Waals surface area contributed by atoms with Gasteiger partial charge >= 0.3 is 6.18 Å². The summed E-state index contributed by atoms with van der Waals surface area (Å²) in [6, 6.07) is 11.4. The lowest BCUT2D eigenvalue weighted by molar-refractivity contribution is -0.137. The number of hydrogen-bond donors (Lipinski definition) is 2. The largest absolute Gasteiger partial charge is 0.416 e. The standard InChI is InChI=1S/C25H20F4N4O2/c1-14-6-7-16(11-20(14)32-24(35)21-13-30-22-5-3-4-10-33(21)22)15(2)31-23(34)18-12-17(25(27,28)29)8-9-19(18)26/h3-13,15H,1-2H3,(H,31,34)(H,32,35)/t15-/m0/s1. The van der Waals surface area contributed by atoms with E-state index in [0.717, 1.165) is 5.56 Å². The van der Waals surface area contributed by atoms with Crippen molar-refractivity contribution in [2.75, 3.05) is 5.32 Å². The van der Waals surface area contributed by atoms with E-state index >= 15 is 0 Å². The van der Waals surface area contributed by atoms with Crippen LogP contribution in [0.15, 0.2) is 67.0 Å². The lowest BCUT2D eigenvalue weighted by atomic mass is 10.0. The zero-order valence-electron chi connectivity index (χ0n) is 18.7. The van der Waals surface area contributed by atoms with Gasteiger partial charge in [-0.2, -0.15) is 13.2 Å². The minimum Gasteiger partial charge on any atom is -0.345 e. The molecular weight excluding hydrogens is 464 g/mol. The summed E-state index contributed by atoms with van der Waals surface area (Å²) in [7, 11) is 0. The molecule has 2 aromatic heterocycles. The Morgan fingerprint density at radius 1 is 1.03 bits per heavy atom. The molecule has 2 amide bonds. The van der Waals surface area contributed by atoms with E-state index in [0.29, 0.717) is 40.8 Å². The van der Waals surface area contributed by atoms with Crippen LogP contribution in [0.25, 0.3) is 5.65 Å². The maximum atomic E-state index is 14.1. The Bertz CT molecular complexity index is 1430. The highest BCUT2D eigenvalue weighted by atomic mass is 19.4. The van der Waals surface area contributed by atoms with Crippen molar-refractivity contribution >= 4 is 23.1 Å². The van der Waals surface area contributed by atoms with Crippen LogP contribution >= 0.6 is 0 Å². The summed E-state index contributed by atoms with van der Waals surface area (Å²) in [6.07, 6.45) is -1.54. The van der Waals surface area contributed by atoms with Crippen molar-refractivity contribution in [1.29, 1.82) is 0 Å². The number of halogens is 4. The minimum atomic E-state index is -4.71. The molecule has 2 heterocycles. The molecule has 0 saturated carbocycles. The summed E-state index contributed by atoms with van der Waals surface area (Å²) in [4.78, 5) is 29.6. The molecule has 0 radical (unpaired) electrons. The van der Waals surface area contributed by atoms with Crippen LogP contribution in [0.4, 0.5) is 23.2 Å². The number of hydrogen-bond acceptors (Lipinski definition) is 3. The second-order valence-corrected chi connectivity index (χ2v) is 7.99. The van der Waals surface area contributed by atoms with E-state index in [1.165, 1.54) is 6.20 Å². The van der Waals surface area contributed by atoms with Gasteiger partial charge in [0.2, 0.25) is 0 Å². The molecular formula is C25H20F4N4O2. The van der Waals surface area contributed by atoms with Gasteiger partial charge in [0.1, 0.15) is 17.2 Å². The number of aromatic nitrogens is 2. The first-order chi connectivity index (χ1) is 16.5. The third-order valence-corrected chi connectivity index (χ3v) is 5.55. The monoisotopic (exact) mass is 484 g/mol. The molecule has 0 aliphatic heterocycles. The van der Waals surface area contributed by atoms with Gasteiger partial charge in [0.15, 0.2) is 0 Å². The van der Waals surface area contributed by atoms with Crippen molar-refractivity contribution in [2.45, 2.75) is 26.1 Å². The number of benzene rings is 2. The Morgan fingerprint density at radius 3 is 2.54 bits per heavy atom. The first-order valence-electron chi connectivity index (χ1n) is 10.6. The predicted octanol–water partition coefficient (Wildman–Crippen LogP) is 5.54. The fourth-order valence-corrected chi connectivity index (χ4v) is 3.56. The molecule has 0 aliphatic rings. The summed E-state index contributed by atoms with van der Waals surface area (Å²) in [6.45, 7) is 3.39. The second kappa shape index (κ2) is 9.21. The van der Waals surface area contributed by atoms with Gasteiger partial charge in [-0.3, -0.25) is 14.0 Å². The minimum absolute atomic E-state index is 0.326. The van der Waals surface area contributed by atoms with Crippen LogP contribution in [-0.4, -0.2) is 21.2 Å². The van der Waals surface area contributed by atoms with Gasteiger partial charge in [0, 0.05) is 11.9 Å². The smallest absolute Gasteiger partial charge is 0.345 e. The van der Waals surface area contributed by atoms with E-state index in [9.17, 15) is 27.2 Å². The third-order valence-electron chi connectivity index (χ3n) is 5.55. The Hall–Kier alpha value is -4.21. The first kappa shape index (κ1) is 23.9. The summed E-state index contributed by atoms with van der Waals surface area (Å²) in [5.41, 5.74) is 0.894. The molecule has 6 nitrogen and oxygen atoms in total. The van der Waals surface area contributed by atoms with Crippen LogP contribution < -0.4 is 10.6 Å². The molecule has 10 heteroatoms. The van der Waals surface area contributed by atoms with Gasteiger partial charge in [-0.05, 0) is 61.4 Å². The van der Waals surface area contributed by atoms with Crippen molar-refractivity contribution in [3.63, 3.8) is 0 Å². The van der Waals surface area contributed by atoms with Crippen molar-refractivity contribution in [3.05, 3.63) is 101 Å². The van der Waals surface area contributed by atoms with E-state index in [4.69, 9.17) is 0 Å². The number of carbonyl (C=O) groups is 2. The van der Waals surface area contributed by atoms with Gasteiger partial charge < -0.3 is 10.6 Å². The predicted molar refractivity (Wildman–Crippen MR) is 122 cm³/mol. The van der Waals surface area contributed by atoms with Crippen LogP contribution in [-0.2, 0) is 6.18 Å². The molecule has 4 aromatic rings. The number of pyridine rings is 1. The number of fused-ring (bicyclic) bond motifs is 1. The Kier molecular flexibility index (Phi) is 6.29. The molecule has 0 spiro atoms. The van der Waals surface area contributed by atoms with Crippen LogP contribution in [0, 0.1) is 12.7 Å². The average molecular weight is 484 g/mol. The number of aryl methyl sites for hydroxylation is 1. The number of anilines is 1. The van der Waals surface area contributed by atoms with Crippen molar-refractivity contribution in [2.24, 2.45) is 0 Å². The summed E-state index contributed by atoms with van der Waals surface area (Å²) in [5, 5.41) is 5.33. The number of amides is 2. The maximum Gasteiger partial charge on any atom is 0.416 e. The van der Waals surface area contributed by atoms with Gasteiger partial charge in [-0.25, -0.2) is 9.37 Å². The van der Waals surface area contributed by atoms with Crippen molar-refractivity contribution < 1.29 is 27.2 Å². The lowest BCUT2D eigenvalue weighted by Gasteiger charge is -2.18. The number of alkyl halides is 3. The van der Waals surface area contributed by atoms with E-state index in [2.05, 4.69) is 15.6 Å². The van der Waals surface area contributed by atoms with Crippen molar-refractivity contribution in [3.8, 4) is 0 Å².